The van der Waals surface area contributed by atoms with E-state index in [1.165, 1.54) is 32.0 Å². The molecule has 1 saturated heterocycles. The summed E-state index contributed by atoms with van der Waals surface area (Å²) >= 11 is 5.76. The summed E-state index contributed by atoms with van der Waals surface area (Å²) in [4.78, 5) is 33.4. The van der Waals surface area contributed by atoms with Crippen LogP contribution in [0.25, 0.3) is 0 Å². The van der Waals surface area contributed by atoms with Gasteiger partial charge >= 0.3 is 11.9 Å². The van der Waals surface area contributed by atoms with E-state index in [2.05, 4.69) is 5.32 Å². The molecule has 0 amide bonds. The van der Waals surface area contributed by atoms with E-state index in [1.807, 2.05) is 0 Å². The molecule has 9 heteroatoms. The SMILES string of the molecule is CC1(C)OC(=O)C(=CNc2ccc([N+](=O)[O-])c(Cl)c2)C(=O)O1. The minimum atomic E-state index is -1.32. The molecule has 1 aliphatic rings. The number of hydrogen-bond acceptors (Lipinski definition) is 7. The number of nitro groups is 1. The van der Waals surface area contributed by atoms with Crippen molar-refractivity contribution in [2.75, 3.05) is 5.32 Å². The molecule has 2 rings (SSSR count). The first-order valence-electron chi connectivity index (χ1n) is 6.07. The quantitative estimate of drug-likeness (QED) is 0.298. The molecule has 1 aliphatic heterocycles. The van der Waals surface area contributed by atoms with Crippen LogP contribution >= 0.6 is 11.6 Å². The van der Waals surface area contributed by atoms with E-state index in [0.717, 1.165) is 6.20 Å². The first kappa shape index (κ1) is 15.8. The van der Waals surface area contributed by atoms with Gasteiger partial charge in [-0.3, -0.25) is 10.1 Å². The van der Waals surface area contributed by atoms with Crippen molar-refractivity contribution in [3.05, 3.63) is 45.1 Å². The maximum atomic E-state index is 11.7. The molecule has 1 heterocycles. The Hall–Kier alpha value is -2.61. The molecule has 1 aromatic rings. The first-order valence-corrected chi connectivity index (χ1v) is 6.45. The van der Waals surface area contributed by atoms with Gasteiger partial charge < -0.3 is 14.8 Å². The fourth-order valence-electron chi connectivity index (χ4n) is 1.68. The van der Waals surface area contributed by atoms with Crippen molar-refractivity contribution in [1.82, 2.24) is 0 Å². The number of hydrogen-bond donors (Lipinski definition) is 1. The number of nitrogens with zero attached hydrogens (tertiary/aromatic N) is 1. The smallest absolute Gasteiger partial charge is 0.350 e. The fourth-order valence-corrected chi connectivity index (χ4v) is 1.93. The summed E-state index contributed by atoms with van der Waals surface area (Å²) in [5.74, 6) is -2.98. The van der Waals surface area contributed by atoms with Crippen molar-refractivity contribution in [2.24, 2.45) is 0 Å². The summed E-state index contributed by atoms with van der Waals surface area (Å²) in [6.45, 7) is 2.87. The lowest BCUT2D eigenvalue weighted by atomic mass is 10.2. The van der Waals surface area contributed by atoms with E-state index >= 15 is 0 Å². The Morgan fingerprint density at radius 3 is 2.36 bits per heavy atom. The van der Waals surface area contributed by atoms with Crippen molar-refractivity contribution in [3.63, 3.8) is 0 Å². The van der Waals surface area contributed by atoms with Gasteiger partial charge in [-0.1, -0.05) is 11.6 Å². The maximum Gasteiger partial charge on any atom is 0.350 e. The first-order chi connectivity index (χ1) is 10.2. The molecular formula is C13H11ClN2O6. The topological polar surface area (TPSA) is 108 Å². The number of benzene rings is 1. The number of carbonyl (C=O) groups is 2. The molecule has 0 unspecified atom stereocenters. The Labute approximate surface area is 129 Å². The minimum absolute atomic E-state index is 0.0802. The van der Waals surface area contributed by atoms with Crippen LogP contribution in [0, 0.1) is 10.1 Å². The standard InChI is InChI=1S/C13H11ClN2O6/c1-13(2)21-11(17)8(12(18)22-13)6-15-7-3-4-10(16(19)20)9(14)5-7/h3-6,15H,1-2H3. The molecular weight excluding hydrogens is 316 g/mol. The second kappa shape index (κ2) is 5.64. The van der Waals surface area contributed by atoms with E-state index in [9.17, 15) is 19.7 Å². The van der Waals surface area contributed by atoms with Crippen molar-refractivity contribution >= 4 is 34.9 Å². The largest absolute Gasteiger partial charge is 0.419 e. The van der Waals surface area contributed by atoms with Gasteiger partial charge in [0.1, 0.15) is 5.02 Å². The van der Waals surface area contributed by atoms with E-state index in [1.54, 1.807) is 0 Å². The maximum absolute atomic E-state index is 11.7. The average Bonchev–Trinajstić information content (AvgIpc) is 2.35. The van der Waals surface area contributed by atoms with Gasteiger partial charge in [-0.25, -0.2) is 9.59 Å². The minimum Gasteiger partial charge on any atom is -0.419 e. The Morgan fingerprint density at radius 1 is 1.27 bits per heavy atom. The third-order valence-corrected chi connectivity index (χ3v) is 2.95. The van der Waals surface area contributed by atoms with Gasteiger partial charge in [0.05, 0.1) is 4.92 Å². The molecule has 0 bridgehead atoms. The van der Waals surface area contributed by atoms with Crippen LogP contribution in [-0.2, 0) is 19.1 Å². The monoisotopic (exact) mass is 326 g/mol. The lowest BCUT2D eigenvalue weighted by Crippen LogP contribution is -2.42. The van der Waals surface area contributed by atoms with Crippen LogP contribution in [0.4, 0.5) is 11.4 Å². The molecule has 22 heavy (non-hydrogen) atoms. The number of anilines is 1. The number of cyclic esters (lactones) is 2. The van der Waals surface area contributed by atoms with Crippen LogP contribution in [0.3, 0.4) is 0 Å². The number of nitrogens with one attached hydrogen (secondary N) is 1. The molecule has 0 spiro atoms. The van der Waals surface area contributed by atoms with E-state index in [0.29, 0.717) is 5.69 Å². The number of rotatable bonds is 3. The molecule has 8 nitrogen and oxygen atoms in total. The zero-order valence-electron chi connectivity index (χ0n) is 11.6. The van der Waals surface area contributed by atoms with Crippen molar-refractivity contribution in [1.29, 1.82) is 0 Å². The Bertz CT molecular complexity index is 676. The molecule has 0 aliphatic carbocycles. The predicted octanol–water partition coefficient (Wildman–Crippen LogP) is 2.38. The van der Waals surface area contributed by atoms with E-state index in [4.69, 9.17) is 21.1 Å². The highest BCUT2D eigenvalue weighted by atomic mass is 35.5. The third-order valence-electron chi connectivity index (χ3n) is 2.64. The molecule has 1 aromatic carbocycles. The molecule has 0 saturated carbocycles. The number of esters is 2. The van der Waals surface area contributed by atoms with Crippen molar-refractivity contribution in [3.8, 4) is 0 Å². The highest BCUT2D eigenvalue weighted by molar-refractivity contribution is 6.32. The van der Waals surface area contributed by atoms with Crippen LogP contribution in [0.15, 0.2) is 30.0 Å². The summed E-state index contributed by atoms with van der Waals surface area (Å²) in [5.41, 5.74) is -0.222. The Balaban J connectivity index is 2.18. The number of halogens is 1. The van der Waals surface area contributed by atoms with Gasteiger partial charge in [0.2, 0.25) is 0 Å². The second-order valence-corrected chi connectivity index (χ2v) is 5.21. The summed E-state index contributed by atoms with van der Waals surface area (Å²) < 4.78 is 9.83. The summed E-state index contributed by atoms with van der Waals surface area (Å²) in [6.07, 6.45) is 1.09. The van der Waals surface area contributed by atoms with Gasteiger partial charge in [-0.15, -0.1) is 0 Å². The molecule has 1 fully saturated rings. The molecule has 116 valence electrons. The van der Waals surface area contributed by atoms with E-state index < -0.39 is 22.6 Å². The highest BCUT2D eigenvalue weighted by Gasteiger charge is 2.38. The van der Waals surface area contributed by atoms with E-state index in [-0.39, 0.29) is 16.3 Å². The lowest BCUT2D eigenvalue weighted by molar-refractivity contribution is -0.384. The van der Waals surface area contributed by atoms with Crippen LogP contribution in [0.2, 0.25) is 5.02 Å². The van der Waals surface area contributed by atoms with Crippen LogP contribution in [0.1, 0.15) is 13.8 Å². The van der Waals surface area contributed by atoms with Crippen LogP contribution in [0.5, 0.6) is 0 Å². The van der Waals surface area contributed by atoms with Gasteiger partial charge in [0.25, 0.3) is 11.5 Å². The van der Waals surface area contributed by atoms with Crippen molar-refractivity contribution in [2.45, 2.75) is 19.6 Å². The zero-order valence-corrected chi connectivity index (χ0v) is 12.3. The predicted molar refractivity (Wildman–Crippen MR) is 76.1 cm³/mol. The molecule has 1 N–H and O–H groups in total. The third kappa shape index (κ3) is 3.34. The van der Waals surface area contributed by atoms with Gasteiger partial charge in [-0.05, 0) is 12.1 Å². The number of ether oxygens (including phenoxy) is 2. The summed E-state index contributed by atoms with van der Waals surface area (Å²) in [6, 6.07) is 3.87. The molecule has 0 aromatic heterocycles. The van der Waals surface area contributed by atoms with Gasteiger partial charge in [0, 0.05) is 31.8 Å². The average molecular weight is 327 g/mol. The van der Waals surface area contributed by atoms with Gasteiger partial charge in [0.15, 0.2) is 5.57 Å². The summed E-state index contributed by atoms with van der Waals surface area (Å²) in [7, 11) is 0. The van der Waals surface area contributed by atoms with Crippen LogP contribution in [-0.4, -0.2) is 22.6 Å². The zero-order chi connectivity index (χ0) is 16.5. The molecule has 0 atom stereocenters. The van der Waals surface area contributed by atoms with Crippen LogP contribution < -0.4 is 5.32 Å². The number of carbonyl (C=O) groups excluding carboxylic acids is 2. The van der Waals surface area contributed by atoms with Gasteiger partial charge in [-0.2, -0.15) is 0 Å². The summed E-state index contributed by atoms with van der Waals surface area (Å²) in [5, 5.41) is 13.2. The number of nitro benzene ring substituents is 1. The lowest BCUT2D eigenvalue weighted by Gasteiger charge is -2.29. The van der Waals surface area contributed by atoms with Crippen molar-refractivity contribution < 1.29 is 24.0 Å². The molecule has 0 radical (unpaired) electrons. The Morgan fingerprint density at radius 2 is 1.86 bits per heavy atom. The highest BCUT2D eigenvalue weighted by Crippen LogP contribution is 2.28. The normalized spacial score (nSPS) is 16.6. The fraction of sp³-hybridized carbons (Fsp3) is 0.231. The second-order valence-electron chi connectivity index (χ2n) is 4.80. The Kier molecular flexibility index (Phi) is 4.05.